The maximum Gasteiger partial charge on any atom is 0.314 e. The van der Waals surface area contributed by atoms with Gasteiger partial charge >= 0.3 is 5.97 Å². The van der Waals surface area contributed by atoms with E-state index in [2.05, 4.69) is 0 Å². The molecule has 3 aromatic rings. The summed E-state index contributed by atoms with van der Waals surface area (Å²) >= 11 is 0. The summed E-state index contributed by atoms with van der Waals surface area (Å²) in [5.74, 6) is -9.29. The highest BCUT2D eigenvalue weighted by Crippen LogP contribution is 2.40. The molecule has 1 aliphatic carbocycles. The Bertz CT molecular complexity index is 1310. The molecule has 0 saturated heterocycles. The van der Waals surface area contributed by atoms with E-state index in [0.717, 1.165) is 0 Å². The van der Waals surface area contributed by atoms with Crippen LogP contribution in [0.15, 0.2) is 36.4 Å². The Hall–Kier alpha value is -3.29. The number of rotatable bonds is 5. The lowest BCUT2D eigenvalue weighted by molar-refractivity contribution is -0.140. The first-order chi connectivity index (χ1) is 17.1. The molecule has 8 heteroatoms. The van der Waals surface area contributed by atoms with Gasteiger partial charge in [-0.3, -0.25) is 4.79 Å². The number of hydrogen-bond acceptors (Lipinski definition) is 2. The summed E-state index contributed by atoms with van der Waals surface area (Å²) < 4.78 is 91.4. The van der Waals surface area contributed by atoms with Gasteiger partial charge in [-0.1, -0.05) is 37.3 Å². The molecule has 0 radical (unpaired) electrons. The molecule has 0 atom stereocenters. The second kappa shape index (κ2) is 10.4. The van der Waals surface area contributed by atoms with Crippen LogP contribution in [0.3, 0.4) is 0 Å². The van der Waals surface area contributed by atoms with Crippen LogP contribution in [0.25, 0.3) is 11.1 Å². The number of esters is 1. The van der Waals surface area contributed by atoms with Crippen molar-refractivity contribution in [2.45, 2.75) is 51.9 Å². The van der Waals surface area contributed by atoms with E-state index in [1.165, 1.54) is 43.3 Å². The molecule has 0 amide bonds. The van der Waals surface area contributed by atoms with Gasteiger partial charge in [0, 0.05) is 11.1 Å². The van der Waals surface area contributed by atoms with Crippen LogP contribution in [-0.2, 0) is 11.2 Å². The van der Waals surface area contributed by atoms with Crippen molar-refractivity contribution in [1.29, 1.82) is 0 Å². The molecule has 0 bridgehead atoms. The van der Waals surface area contributed by atoms with E-state index in [1.54, 1.807) is 6.92 Å². The Morgan fingerprint density at radius 3 is 2.00 bits per heavy atom. The highest BCUT2D eigenvalue weighted by atomic mass is 19.2. The average Bonchev–Trinajstić information content (AvgIpc) is 2.88. The van der Waals surface area contributed by atoms with Gasteiger partial charge in [0.05, 0.1) is 5.92 Å². The molecular weight excluding hydrogens is 482 g/mol. The summed E-state index contributed by atoms with van der Waals surface area (Å²) in [6, 6.07) is 7.64. The van der Waals surface area contributed by atoms with E-state index in [0.29, 0.717) is 12.8 Å². The van der Waals surface area contributed by atoms with E-state index in [-0.39, 0.29) is 47.1 Å². The van der Waals surface area contributed by atoms with E-state index in [1.807, 2.05) is 0 Å². The minimum absolute atomic E-state index is 0.0823. The molecule has 0 N–H and O–H groups in total. The van der Waals surface area contributed by atoms with Gasteiger partial charge in [-0.25, -0.2) is 22.0 Å². The summed E-state index contributed by atoms with van der Waals surface area (Å²) in [6.45, 7) is 3.04. The summed E-state index contributed by atoms with van der Waals surface area (Å²) in [5.41, 5.74) is -0.433. The molecule has 0 aromatic heterocycles. The maximum atomic E-state index is 15.0. The number of carbonyl (C=O) groups is 1. The quantitative estimate of drug-likeness (QED) is 0.200. The Labute approximate surface area is 204 Å². The van der Waals surface area contributed by atoms with Crippen molar-refractivity contribution in [3.8, 4) is 16.9 Å². The van der Waals surface area contributed by atoms with Crippen molar-refractivity contribution in [3.05, 3.63) is 88.0 Å². The van der Waals surface area contributed by atoms with Crippen molar-refractivity contribution in [2.75, 3.05) is 0 Å². The molecule has 1 saturated carbocycles. The summed E-state index contributed by atoms with van der Waals surface area (Å²) in [4.78, 5) is 12.5. The molecule has 36 heavy (non-hydrogen) atoms. The van der Waals surface area contributed by atoms with Gasteiger partial charge < -0.3 is 4.74 Å². The Kier molecular flexibility index (Phi) is 7.43. The van der Waals surface area contributed by atoms with Crippen molar-refractivity contribution in [1.82, 2.24) is 0 Å². The Balaban J connectivity index is 1.47. The van der Waals surface area contributed by atoms with Crippen LogP contribution in [0.5, 0.6) is 5.75 Å². The number of ether oxygens (including phenoxy) is 1. The van der Waals surface area contributed by atoms with Gasteiger partial charge in [0.15, 0.2) is 34.8 Å². The summed E-state index contributed by atoms with van der Waals surface area (Å²) in [6.07, 6.45) is 1.47. The molecule has 1 fully saturated rings. The first-order valence-electron chi connectivity index (χ1n) is 11.7. The van der Waals surface area contributed by atoms with Crippen molar-refractivity contribution >= 4 is 5.97 Å². The van der Waals surface area contributed by atoms with Crippen LogP contribution >= 0.6 is 0 Å². The monoisotopic (exact) mass is 506 g/mol. The predicted molar refractivity (Wildman–Crippen MR) is 123 cm³/mol. The maximum absolute atomic E-state index is 15.0. The SMILES string of the molecule is CCc1ccc(-c2ccc(C3CCC(C(=O)Oc4ccc(C)c(F)c4F)CC3)c(F)c2F)c(F)c1F. The van der Waals surface area contributed by atoms with Crippen molar-refractivity contribution in [3.63, 3.8) is 0 Å². The fraction of sp³-hybridized carbons (Fsp3) is 0.321. The highest BCUT2D eigenvalue weighted by molar-refractivity contribution is 5.75. The molecule has 0 spiro atoms. The number of benzene rings is 3. The van der Waals surface area contributed by atoms with Gasteiger partial charge in [0.2, 0.25) is 5.82 Å². The third-order valence-corrected chi connectivity index (χ3v) is 6.90. The van der Waals surface area contributed by atoms with Crippen LogP contribution in [-0.4, -0.2) is 5.97 Å². The van der Waals surface area contributed by atoms with Gasteiger partial charge in [-0.15, -0.1) is 0 Å². The normalized spacial score (nSPS) is 17.8. The van der Waals surface area contributed by atoms with Crippen LogP contribution in [0.1, 0.15) is 55.2 Å². The topological polar surface area (TPSA) is 26.3 Å². The first kappa shape index (κ1) is 25.8. The lowest BCUT2D eigenvalue weighted by atomic mass is 9.78. The molecule has 0 aliphatic heterocycles. The van der Waals surface area contributed by atoms with Crippen molar-refractivity contribution in [2.24, 2.45) is 5.92 Å². The van der Waals surface area contributed by atoms with Crippen LogP contribution in [0, 0.1) is 47.7 Å². The molecule has 190 valence electrons. The van der Waals surface area contributed by atoms with E-state index in [9.17, 15) is 26.7 Å². The zero-order valence-corrected chi connectivity index (χ0v) is 19.7. The van der Waals surface area contributed by atoms with E-state index < -0.39 is 58.5 Å². The van der Waals surface area contributed by atoms with Gasteiger partial charge in [-0.05, 0) is 67.7 Å². The van der Waals surface area contributed by atoms with Gasteiger partial charge in [0.1, 0.15) is 0 Å². The predicted octanol–water partition coefficient (Wildman–Crippen LogP) is 7.94. The molecular formula is C28H24F6O2. The second-order valence-corrected chi connectivity index (χ2v) is 9.06. The third-order valence-electron chi connectivity index (χ3n) is 6.90. The third kappa shape index (κ3) is 4.73. The van der Waals surface area contributed by atoms with Gasteiger partial charge in [-0.2, -0.15) is 4.39 Å². The van der Waals surface area contributed by atoms with E-state index in [4.69, 9.17) is 4.74 Å². The minimum Gasteiger partial charge on any atom is -0.423 e. The average molecular weight is 506 g/mol. The molecule has 2 nitrogen and oxygen atoms in total. The fourth-order valence-electron chi connectivity index (χ4n) is 4.70. The standard InChI is InChI=1S/C28H24F6O2/c1-3-15-9-10-19(25(32)23(15)30)20-12-11-18(24(31)26(20)33)16-5-7-17(8-6-16)28(35)36-21-13-4-14(2)22(29)27(21)34/h4,9-13,16-17H,3,5-8H2,1-2H3. The lowest BCUT2D eigenvalue weighted by Crippen LogP contribution is -2.26. The number of carbonyl (C=O) groups excluding carboxylic acids is 1. The molecule has 3 aromatic carbocycles. The highest BCUT2D eigenvalue weighted by Gasteiger charge is 2.32. The summed E-state index contributed by atoms with van der Waals surface area (Å²) in [5, 5.41) is 0. The number of hydrogen-bond donors (Lipinski definition) is 0. The smallest absolute Gasteiger partial charge is 0.314 e. The number of aryl methyl sites for hydroxylation is 2. The van der Waals surface area contributed by atoms with Crippen molar-refractivity contribution < 1.29 is 35.9 Å². The molecule has 0 heterocycles. The molecule has 4 rings (SSSR count). The Morgan fingerprint density at radius 2 is 1.36 bits per heavy atom. The Morgan fingerprint density at radius 1 is 0.750 bits per heavy atom. The summed E-state index contributed by atoms with van der Waals surface area (Å²) in [7, 11) is 0. The second-order valence-electron chi connectivity index (χ2n) is 9.06. The fourth-order valence-corrected chi connectivity index (χ4v) is 4.70. The zero-order chi connectivity index (χ0) is 26.1. The lowest BCUT2D eigenvalue weighted by Gasteiger charge is -2.28. The first-order valence-corrected chi connectivity index (χ1v) is 11.7. The molecule has 1 aliphatic rings. The van der Waals surface area contributed by atoms with Gasteiger partial charge in [0.25, 0.3) is 0 Å². The zero-order valence-electron chi connectivity index (χ0n) is 19.7. The van der Waals surface area contributed by atoms with Crippen LogP contribution < -0.4 is 4.74 Å². The van der Waals surface area contributed by atoms with Crippen LogP contribution in [0.4, 0.5) is 26.3 Å². The van der Waals surface area contributed by atoms with Crippen LogP contribution in [0.2, 0.25) is 0 Å². The minimum atomic E-state index is -1.27. The largest absolute Gasteiger partial charge is 0.423 e. The molecule has 0 unspecified atom stereocenters. The van der Waals surface area contributed by atoms with E-state index >= 15 is 4.39 Å². The number of halogens is 6.